The lowest BCUT2D eigenvalue weighted by atomic mass is 10.1. The lowest BCUT2D eigenvalue weighted by Crippen LogP contribution is -2.36. The molecular formula is C24H42N2O6S. The summed E-state index contributed by atoms with van der Waals surface area (Å²) in [4.78, 5) is 49.3. The quantitative estimate of drug-likeness (QED) is 0.208. The Labute approximate surface area is 202 Å². The molecular weight excluding hydrogens is 444 g/mol. The number of ether oxygens (including phenoxy) is 2. The van der Waals surface area contributed by atoms with Gasteiger partial charge < -0.3 is 14.8 Å². The summed E-state index contributed by atoms with van der Waals surface area (Å²) in [6.45, 7) is 7.92. The SMILES string of the molecule is CCCCCCCSC1CC(=O)N(CCC(=O)NCCOCCOCCC(=O)C(C)C)C1=O. The highest BCUT2D eigenvalue weighted by molar-refractivity contribution is 8.00. The maximum atomic E-state index is 12.5. The topological polar surface area (TPSA) is 102 Å². The third kappa shape index (κ3) is 13.1. The summed E-state index contributed by atoms with van der Waals surface area (Å²) >= 11 is 1.56. The number of amides is 3. The lowest BCUT2D eigenvalue weighted by molar-refractivity contribution is -0.138. The van der Waals surface area contributed by atoms with Crippen molar-refractivity contribution in [1.82, 2.24) is 10.2 Å². The molecule has 1 N–H and O–H groups in total. The van der Waals surface area contributed by atoms with Gasteiger partial charge in [-0.3, -0.25) is 24.1 Å². The van der Waals surface area contributed by atoms with Crippen molar-refractivity contribution >= 4 is 35.3 Å². The van der Waals surface area contributed by atoms with Gasteiger partial charge in [0, 0.05) is 38.3 Å². The molecule has 0 bridgehead atoms. The van der Waals surface area contributed by atoms with Crippen LogP contribution in [0.1, 0.15) is 72.1 Å². The van der Waals surface area contributed by atoms with Gasteiger partial charge in [-0.15, -0.1) is 11.8 Å². The van der Waals surface area contributed by atoms with Gasteiger partial charge in [0.1, 0.15) is 5.78 Å². The predicted molar refractivity (Wildman–Crippen MR) is 130 cm³/mol. The molecule has 8 nitrogen and oxygen atoms in total. The third-order valence-electron chi connectivity index (χ3n) is 5.41. The van der Waals surface area contributed by atoms with Gasteiger partial charge in [0.05, 0.1) is 31.7 Å². The summed E-state index contributed by atoms with van der Waals surface area (Å²) in [7, 11) is 0. The highest BCUT2D eigenvalue weighted by atomic mass is 32.2. The summed E-state index contributed by atoms with van der Waals surface area (Å²) in [5.41, 5.74) is 0. The zero-order valence-corrected chi connectivity index (χ0v) is 21.4. The maximum Gasteiger partial charge on any atom is 0.242 e. The average molecular weight is 487 g/mol. The van der Waals surface area contributed by atoms with Crippen molar-refractivity contribution in [2.45, 2.75) is 77.4 Å². The van der Waals surface area contributed by atoms with E-state index in [-0.39, 0.29) is 54.1 Å². The molecule has 1 aliphatic heterocycles. The molecule has 3 amide bonds. The van der Waals surface area contributed by atoms with E-state index in [2.05, 4.69) is 12.2 Å². The van der Waals surface area contributed by atoms with Crippen molar-refractivity contribution in [3.63, 3.8) is 0 Å². The minimum Gasteiger partial charge on any atom is -0.379 e. The Bertz CT molecular complexity index is 614. The Hall–Kier alpha value is -1.45. The van der Waals surface area contributed by atoms with Gasteiger partial charge in [0.2, 0.25) is 17.7 Å². The molecule has 0 radical (unpaired) electrons. The number of nitrogens with one attached hydrogen (secondary N) is 1. The van der Waals surface area contributed by atoms with Crippen LogP contribution in [0.2, 0.25) is 0 Å². The van der Waals surface area contributed by atoms with Crippen molar-refractivity contribution in [3.8, 4) is 0 Å². The van der Waals surface area contributed by atoms with E-state index in [1.54, 1.807) is 11.8 Å². The van der Waals surface area contributed by atoms with Crippen LogP contribution < -0.4 is 5.32 Å². The van der Waals surface area contributed by atoms with Crippen LogP contribution in [0.3, 0.4) is 0 Å². The molecule has 1 heterocycles. The summed E-state index contributed by atoms with van der Waals surface area (Å²) < 4.78 is 10.7. The van der Waals surface area contributed by atoms with E-state index in [1.165, 1.54) is 24.2 Å². The Kier molecular flexibility index (Phi) is 16.1. The standard InChI is InChI=1S/C24H42N2O6S/c1-4-5-6-7-8-17-33-21-18-23(29)26(24(21)30)12-9-22(28)25-11-14-32-16-15-31-13-10-20(27)19(2)3/h19,21H,4-18H2,1-3H3,(H,25,28). The first-order valence-corrected chi connectivity index (χ1v) is 13.3. The zero-order chi connectivity index (χ0) is 24.5. The van der Waals surface area contributed by atoms with Crippen molar-refractivity contribution in [1.29, 1.82) is 0 Å². The molecule has 190 valence electrons. The van der Waals surface area contributed by atoms with Gasteiger partial charge >= 0.3 is 0 Å². The first-order chi connectivity index (χ1) is 15.9. The van der Waals surface area contributed by atoms with Crippen LogP contribution in [-0.2, 0) is 28.7 Å². The van der Waals surface area contributed by atoms with Crippen molar-refractivity contribution in [2.75, 3.05) is 45.3 Å². The largest absolute Gasteiger partial charge is 0.379 e. The van der Waals surface area contributed by atoms with E-state index in [9.17, 15) is 19.2 Å². The lowest BCUT2D eigenvalue weighted by Gasteiger charge is -2.14. The van der Waals surface area contributed by atoms with Crippen molar-refractivity contribution in [3.05, 3.63) is 0 Å². The van der Waals surface area contributed by atoms with Crippen LogP contribution in [0.25, 0.3) is 0 Å². The van der Waals surface area contributed by atoms with Crippen LogP contribution in [0.4, 0.5) is 0 Å². The third-order valence-corrected chi connectivity index (χ3v) is 6.70. The minimum absolute atomic E-state index is 0.0283. The Morgan fingerprint density at radius 1 is 1.03 bits per heavy atom. The second-order valence-electron chi connectivity index (χ2n) is 8.56. The van der Waals surface area contributed by atoms with Crippen LogP contribution in [0.15, 0.2) is 0 Å². The van der Waals surface area contributed by atoms with Crippen molar-refractivity contribution in [2.24, 2.45) is 5.92 Å². The number of hydrogen-bond donors (Lipinski definition) is 1. The van der Waals surface area contributed by atoms with Gasteiger partial charge in [0.25, 0.3) is 0 Å². The van der Waals surface area contributed by atoms with Gasteiger partial charge in [-0.2, -0.15) is 0 Å². The molecule has 0 aliphatic carbocycles. The minimum atomic E-state index is -0.300. The molecule has 9 heteroatoms. The fraction of sp³-hybridized carbons (Fsp3) is 0.833. The van der Waals surface area contributed by atoms with Gasteiger partial charge in [-0.1, -0.05) is 46.5 Å². The Morgan fingerprint density at radius 2 is 1.73 bits per heavy atom. The summed E-state index contributed by atoms with van der Waals surface area (Å²) in [6.07, 6.45) is 6.64. The second-order valence-corrected chi connectivity index (χ2v) is 9.87. The van der Waals surface area contributed by atoms with E-state index < -0.39 is 0 Å². The molecule has 0 aromatic rings. The molecule has 33 heavy (non-hydrogen) atoms. The first-order valence-electron chi connectivity index (χ1n) is 12.3. The number of carbonyl (C=O) groups excluding carboxylic acids is 4. The molecule has 1 rings (SSSR count). The molecule has 1 atom stereocenters. The molecule has 1 fully saturated rings. The smallest absolute Gasteiger partial charge is 0.242 e. The highest BCUT2D eigenvalue weighted by Gasteiger charge is 2.38. The summed E-state index contributed by atoms with van der Waals surface area (Å²) in [5.74, 6) is 0.542. The molecule has 0 saturated carbocycles. The van der Waals surface area contributed by atoms with E-state index >= 15 is 0 Å². The molecule has 0 spiro atoms. The number of nitrogens with zero attached hydrogens (tertiary/aromatic N) is 1. The van der Waals surface area contributed by atoms with E-state index in [1.807, 2.05) is 13.8 Å². The van der Waals surface area contributed by atoms with Crippen molar-refractivity contribution < 1.29 is 28.7 Å². The Balaban J connectivity index is 2.06. The first kappa shape index (κ1) is 29.6. The monoisotopic (exact) mass is 486 g/mol. The predicted octanol–water partition coefficient (Wildman–Crippen LogP) is 2.97. The highest BCUT2D eigenvalue weighted by Crippen LogP contribution is 2.26. The van der Waals surface area contributed by atoms with Crippen LogP contribution in [0.5, 0.6) is 0 Å². The van der Waals surface area contributed by atoms with E-state index in [0.29, 0.717) is 39.4 Å². The summed E-state index contributed by atoms with van der Waals surface area (Å²) in [6, 6.07) is 0. The number of imide groups is 1. The van der Waals surface area contributed by atoms with Gasteiger partial charge in [-0.05, 0) is 12.2 Å². The number of thioether (sulfide) groups is 1. The van der Waals surface area contributed by atoms with Crippen LogP contribution >= 0.6 is 11.8 Å². The molecule has 1 unspecified atom stereocenters. The molecule has 0 aromatic heterocycles. The number of unbranched alkanes of at least 4 members (excludes halogenated alkanes) is 4. The van der Waals surface area contributed by atoms with Crippen LogP contribution in [0, 0.1) is 5.92 Å². The number of ketones is 1. The molecule has 1 saturated heterocycles. The molecule has 0 aromatic carbocycles. The second kappa shape index (κ2) is 18.0. The number of carbonyl (C=O) groups is 4. The number of Topliss-reactive ketones (excluding diaryl/α,β-unsaturated/α-hetero) is 1. The van der Waals surface area contributed by atoms with Crippen LogP contribution in [-0.4, -0.2) is 78.9 Å². The Morgan fingerprint density at radius 3 is 2.42 bits per heavy atom. The van der Waals surface area contributed by atoms with E-state index in [4.69, 9.17) is 9.47 Å². The number of hydrogen-bond acceptors (Lipinski definition) is 7. The van der Waals surface area contributed by atoms with Gasteiger partial charge in [0.15, 0.2) is 0 Å². The summed E-state index contributed by atoms with van der Waals surface area (Å²) in [5, 5.41) is 2.43. The number of likely N-dealkylation sites (tertiary alicyclic amines) is 1. The fourth-order valence-electron chi connectivity index (χ4n) is 3.30. The molecule has 1 aliphatic rings. The zero-order valence-electron chi connectivity index (χ0n) is 20.6. The normalized spacial score (nSPS) is 16.1. The van der Waals surface area contributed by atoms with E-state index in [0.717, 1.165) is 18.6 Å². The maximum absolute atomic E-state index is 12.5. The van der Waals surface area contributed by atoms with Gasteiger partial charge in [-0.25, -0.2) is 0 Å². The average Bonchev–Trinajstić information content (AvgIpc) is 3.05. The fourth-order valence-corrected chi connectivity index (χ4v) is 4.48. The number of rotatable bonds is 20.